The van der Waals surface area contributed by atoms with Crippen molar-refractivity contribution in [2.75, 3.05) is 16.4 Å². The Balaban J connectivity index is 1.99. The molecule has 18 heavy (non-hydrogen) atoms. The molecular weight excluding hydrogens is 268 g/mol. The van der Waals surface area contributed by atoms with E-state index in [0.29, 0.717) is 5.17 Å². The average molecular weight is 282 g/mol. The van der Waals surface area contributed by atoms with Gasteiger partial charge in [-0.3, -0.25) is 5.41 Å². The molecule has 2 saturated heterocycles. The smallest absolute Gasteiger partial charge is 0.161 e. The lowest BCUT2D eigenvalue weighted by Gasteiger charge is -2.24. The van der Waals surface area contributed by atoms with Gasteiger partial charge < -0.3 is 4.90 Å². The van der Waals surface area contributed by atoms with E-state index in [2.05, 4.69) is 0 Å². The molecule has 96 valence electrons. The molecule has 4 nitrogen and oxygen atoms in total. The summed E-state index contributed by atoms with van der Waals surface area (Å²) >= 11 is 1.38. The molecule has 1 aromatic rings. The number of amidine groups is 1. The van der Waals surface area contributed by atoms with Crippen LogP contribution < -0.4 is 4.90 Å². The average Bonchev–Trinajstić information content (AvgIpc) is 2.68. The molecule has 2 fully saturated rings. The van der Waals surface area contributed by atoms with Crippen molar-refractivity contribution in [1.29, 1.82) is 5.41 Å². The molecule has 0 amide bonds. The predicted molar refractivity (Wildman–Crippen MR) is 75.2 cm³/mol. The van der Waals surface area contributed by atoms with Crippen LogP contribution in [0, 0.1) is 12.3 Å². The maximum atomic E-state index is 11.7. The number of nitrogens with one attached hydrogen (secondary N) is 1. The number of nitrogens with zero attached hydrogens (tertiary/aromatic N) is 1. The number of sulfone groups is 1. The van der Waals surface area contributed by atoms with Crippen LogP contribution in [0.2, 0.25) is 0 Å². The van der Waals surface area contributed by atoms with Gasteiger partial charge in [-0.2, -0.15) is 0 Å². The van der Waals surface area contributed by atoms with Gasteiger partial charge in [0.15, 0.2) is 15.0 Å². The Bertz CT molecular complexity index is 612. The molecule has 6 heteroatoms. The Kier molecular flexibility index (Phi) is 2.67. The molecule has 2 atom stereocenters. The van der Waals surface area contributed by atoms with Crippen LogP contribution >= 0.6 is 11.8 Å². The van der Waals surface area contributed by atoms with Gasteiger partial charge in [-0.25, -0.2) is 8.42 Å². The first-order valence-electron chi connectivity index (χ1n) is 5.78. The zero-order valence-corrected chi connectivity index (χ0v) is 11.6. The molecule has 2 aliphatic rings. The third kappa shape index (κ3) is 1.93. The van der Waals surface area contributed by atoms with Crippen molar-refractivity contribution >= 4 is 32.5 Å². The second-order valence-corrected chi connectivity index (χ2v) is 8.20. The standard InChI is InChI=1S/C12H14N2O2S2/c1-8-3-2-4-9(5-8)14-10-6-18(15,16)7-11(10)17-12(14)13/h2-5,10-11,13H,6-7H2,1H3. The molecule has 2 aliphatic heterocycles. The first kappa shape index (κ1) is 12.0. The molecular formula is C12H14N2O2S2. The lowest BCUT2D eigenvalue weighted by molar-refractivity contribution is 0.601. The fourth-order valence-corrected chi connectivity index (χ4v) is 6.38. The van der Waals surface area contributed by atoms with E-state index in [1.54, 1.807) is 0 Å². The monoisotopic (exact) mass is 282 g/mol. The summed E-state index contributed by atoms with van der Waals surface area (Å²) in [5.41, 5.74) is 2.05. The second-order valence-electron chi connectivity index (χ2n) is 4.81. The van der Waals surface area contributed by atoms with E-state index < -0.39 is 9.84 Å². The van der Waals surface area contributed by atoms with Gasteiger partial charge in [0.25, 0.3) is 0 Å². The van der Waals surface area contributed by atoms with Gasteiger partial charge in [-0.15, -0.1) is 0 Å². The van der Waals surface area contributed by atoms with Crippen LogP contribution in [0.15, 0.2) is 24.3 Å². The highest BCUT2D eigenvalue weighted by Crippen LogP contribution is 2.40. The van der Waals surface area contributed by atoms with Crippen LogP contribution in [0.4, 0.5) is 5.69 Å². The van der Waals surface area contributed by atoms with Crippen LogP contribution in [0.3, 0.4) is 0 Å². The van der Waals surface area contributed by atoms with Gasteiger partial charge in [0, 0.05) is 10.9 Å². The minimum atomic E-state index is -2.94. The highest BCUT2D eigenvalue weighted by Gasteiger charge is 2.48. The Morgan fingerprint density at radius 2 is 2.17 bits per heavy atom. The molecule has 0 bridgehead atoms. The molecule has 1 aromatic carbocycles. The van der Waals surface area contributed by atoms with E-state index >= 15 is 0 Å². The number of thioether (sulfide) groups is 1. The van der Waals surface area contributed by atoms with E-state index in [4.69, 9.17) is 5.41 Å². The minimum Gasteiger partial charge on any atom is -0.316 e. The lowest BCUT2D eigenvalue weighted by atomic mass is 10.1. The van der Waals surface area contributed by atoms with E-state index in [9.17, 15) is 8.42 Å². The fraction of sp³-hybridized carbons (Fsp3) is 0.417. The van der Waals surface area contributed by atoms with Crippen molar-refractivity contribution in [1.82, 2.24) is 0 Å². The van der Waals surface area contributed by atoms with Gasteiger partial charge in [0.05, 0.1) is 17.5 Å². The van der Waals surface area contributed by atoms with Crippen molar-refractivity contribution in [2.45, 2.75) is 18.2 Å². The summed E-state index contributed by atoms with van der Waals surface area (Å²) in [6.45, 7) is 2.00. The Morgan fingerprint density at radius 1 is 1.39 bits per heavy atom. The summed E-state index contributed by atoms with van der Waals surface area (Å²) in [6.07, 6.45) is 0. The normalized spacial score (nSPS) is 29.6. The molecule has 0 saturated carbocycles. The van der Waals surface area contributed by atoms with Gasteiger partial charge in [-0.1, -0.05) is 23.9 Å². The SMILES string of the molecule is Cc1cccc(N2C(=N)SC3CS(=O)(=O)CC32)c1. The zero-order chi connectivity index (χ0) is 12.9. The van der Waals surface area contributed by atoms with Gasteiger partial charge in [0.1, 0.15) is 0 Å². The summed E-state index contributed by atoms with van der Waals surface area (Å²) < 4.78 is 23.4. The van der Waals surface area contributed by atoms with E-state index in [-0.39, 0.29) is 22.8 Å². The fourth-order valence-electron chi connectivity index (χ4n) is 2.59. The Morgan fingerprint density at radius 3 is 2.89 bits per heavy atom. The number of anilines is 1. The summed E-state index contributed by atoms with van der Waals surface area (Å²) in [6, 6.07) is 7.81. The maximum Gasteiger partial charge on any atom is 0.161 e. The molecule has 1 N–H and O–H groups in total. The molecule has 3 rings (SSSR count). The van der Waals surface area contributed by atoms with Crippen molar-refractivity contribution < 1.29 is 8.42 Å². The van der Waals surface area contributed by atoms with Crippen LogP contribution in [-0.4, -0.2) is 36.4 Å². The molecule has 2 heterocycles. The Hall–Kier alpha value is -1.01. The van der Waals surface area contributed by atoms with Gasteiger partial charge >= 0.3 is 0 Å². The number of hydrogen-bond donors (Lipinski definition) is 1. The van der Waals surface area contributed by atoms with Crippen molar-refractivity contribution in [2.24, 2.45) is 0 Å². The third-order valence-electron chi connectivity index (χ3n) is 3.37. The Labute approximate surface area is 111 Å². The number of hydrogen-bond acceptors (Lipinski definition) is 4. The van der Waals surface area contributed by atoms with Crippen LogP contribution in [0.5, 0.6) is 0 Å². The second kappa shape index (κ2) is 3.99. The molecule has 2 unspecified atom stereocenters. The third-order valence-corrected chi connectivity index (χ3v) is 6.50. The quantitative estimate of drug-likeness (QED) is 0.851. The molecule has 0 radical (unpaired) electrons. The summed E-state index contributed by atoms with van der Waals surface area (Å²) in [4.78, 5) is 1.87. The number of aryl methyl sites for hydroxylation is 1. The van der Waals surface area contributed by atoms with Crippen LogP contribution in [0.1, 0.15) is 5.56 Å². The van der Waals surface area contributed by atoms with Crippen molar-refractivity contribution in [3.63, 3.8) is 0 Å². The van der Waals surface area contributed by atoms with Gasteiger partial charge in [0.2, 0.25) is 0 Å². The first-order chi connectivity index (χ1) is 8.46. The first-order valence-corrected chi connectivity index (χ1v) is 8.48. The number of rotatable bonds is 1. The van der Waals surface area contributed by atoms with Crippen LogP contribution in [0.25, 0.3) is 0 Å². The summed E-state index contributed by atoms with van der Waals surface area (Å²) in [5.74, 6) is 0.369. The largest absolute Gasteiger partial charge is 0.316 e. The highest BCUT2D eigenvalue weighted by atomic mass is 32.2. The van der Waals surface area contributed by atoms with Crippen molar-refractivity contribution in [3.05, 3.63) is 29.8 Å². The molecule has 0 spiro atoms. The maximum absolute atomic E-state index is 11.7. The minimum absolute atomic E-state index is 0.0167. The lowest BCUT2D eigenvalue weighted by Crippen LogP contribution is -2.37. The van der Waals surface area contributed by atoms with Crippen LogP contribution in [-0.2, 0) is 9.84 Å². The summed E-state index contributed by atoms with van der Waals surface area (Å²) in [7, 11) is -2.94. The van der Waals surface area contributed by atoms with E-state index in [1.165, 1.54) is 11.8 Å². The number of benzene rings is 1. The highest BCUT2D eigenvalue weighted by molar-refractivity contribution is 8.15. The molecule has 0 aliphatic carbocycles. The zero-order valence-electron chi connectivity index (χ0n) is 9.96. The van der Waals surface area contributed by atoms with E-state index in [1.807, 2.05) is 36.1 Å². The topological polar surface area (TPSA) is 61.2 Å². The summed E-state index contributed by atoms with van der Waals surface area (Å²) in [5, 5.41) is 8.52. The van der Waals surface area contributed by atoms with E-state index in [0.717, 1.165) is 11.3 Å². The van der Waals surface area contributed by atoms with Crippen molar-refractivity contribution in [3.8, 4) is 0 Å². The number of fused-ring (bicyclic) bond motifs is 1. The molecule has 0 aromatic heterocycles. The van der Waals surface area contributed by atoms with Gasteiger partial charge in [-0.05, 0) is 24.6 Å². The predicted octanol–water partition coefficient (Wildman–Crippen LogP) is 1.65.